The standard InChI is InChI=1S/C13H13ClN2O2/c1-7-4-8(2)6-10(5-7)16-12(17)9(3)11(14)15-13(16)18/h4-6H,1-3H3,(H,15,18). The van der Waals surface area contributed by atoms with Gasteiger partial charge in [0.15, 0.2) is 0 Å². The summed E-state index contributed by atoms with van der Waals surface area (Å²) in [5.41, 5.74) is 1.94. The second kappa shape index (κ2) is 4.46. The van der Waals surface area contributed by atoms with E-state index in [4.69, 9.17) is 11.6 Å². The Labute approximate surface area is 109 Å². The van der Waals surface area contributed by atoms with Gasteiger partial charge in [0.1, 0.15) is 5.15 Å². The maximum Gasteiger partial charge on any atom is 0.334 e. The van der Waals surface area contributed by atoms with Crippen molar-refractivity contribution in [1.82, 2.24) is 9.55 Å². The van der Waals surface area contributed by atoms with Crippen molar-refractivity contribution >= 4 is 11.6 Å². The van der Waals surface area contributed by atoms with Gasteiger partial charge in [-0.2, -0.15) is 0 Å². The summed E-state index contributed by atoms with van der Waals surface area (Å²) >= 11 is 5.77. The first-order valence-corrected chi connectivity index (χ1v) is 5.88. The molecule has 0 atom stereocenters. The van der Waals surface area contributed by atoms with Gasteiger partial charge in [0.2, 0.25) is 0 Å². The van der Waals surface area contributed by atoms with Crippen molar-refractivity contribution in [2.75, 3.05) is 0 Å². The van der Waals surface area contributed by atoms with Gasteiger partial charge in [-0.1, -0.05) is 17.7 Å². The lowest BCUT2D eigenvalue weighted by molar-refractivity contribution is 0.858. The number of aromatic amines is 1. The summed E-state index contributed by atoms with van der Waals surface area (Å²) in [5.74, 6) is 0. The quantitative estimate of drug-likeness (QED) is 0.802. The van der Waals surface area contributed by atoms with Crippen LogP contribution in [0, 0.1) is 20.8 Å². The lowest BCUT2D eigenvalue weighted by atomic mass is 10.1. The van der Waals surface area contributed by atoms with Crippen molar-refractivity contribution in [3.05, 3.63) is 60.9 Å². The highest BCUT2D eigenvalue weighted by Crippen LogP contribution is 2.11. The number of halogens is 1. The minimum absolute atomic E-state index is 0.0885. The largest absolute Gasteiger partial charge is 0.334 e. The smallest absolute Gasteiger partial charge is 0.297 e. The van der Waals surface area contributed by atoms with E-state index in [1.54, 1.807) is 19.1 Å². The summed E-state index contributed by atoms with van der Waals surface area (Å²) in [7, 11) is 0. The van der Waals surface area contributed by atoms with Crippen LogP contribution in [0.25, 0.3) is 5.69 Å². The molecule has 0 spiro atoms. The fraction of sp³-hybridized carbons (Fsp3) is 0.231. The van der Waals surface area contributed by atoms with Gasteiger partial charge >= 0.3 is 5.69 Å². The third kappa shape index (κ3) is 2.11. The van der Waals surface area contributed by atoms with Crippen LogP contribution in [0.3, 0.4) is 0 Å². The molecule has 0 fully saturated rings. The first-order chi connectivity index (χ1) is 8.40. The predicted octanol–water partition coefficient (Wildman–Crippen LogP) is 2.10. The first-order valence-electron chi connectivity index (χ1n) is 5.50. The minimum Gasteiger partial charge on any atom is -0.297 e. The number of hydrogen-bond acceptors (Lipinski definition) is 2. The van der Waals surface area contributed by atoms with Crippen LogP contribution in [0.2, 0.25) is 5.15 Å². The molecule has 0 aliphatic carbocycles. The molecule has 0 aliphatic heterocycles. The van der Waals surface area contributed by atoms with E-state index >= 15 is 0 Å². The van der Waals surface area contributed by atoms with Crippen LogP contribution in [0.15, 0.2) is 27.8 Å². The van der Waals surface area contributed by atoms with Crippen molar-refractivity contribution in [1.29, 1.82) is 0 Å². The molecule has 0 bridgehead atoms. The molecule has 18 heavy (non-hydrogen) atoms. The molecule has 1 N–H and O–H groups in total. The zero-order valence-corrected chi connectivity index (χ0v) is 11.1. The van der Waals surface area contributed by atoms with Gasteiger partial charge in [0, 0.05) is 0 Å². The molecule has 0 radical (unpaired) electrons. The van der Waals surface area contributed by atoms with Crippen LogP contribution in [0.5, 0.6) is 0 Å². The molecule has 94 valence electrons. The van der Waals surface area contributed by atoms with E-state index in [-0.39, 0.29) is 5.15 Å². The molecule has 0 unspecified atom stereocenters. The molecule has 4 nitrogen and oxygen atoms in total. The Morgan fingerprint density at radius 2 is 1.61 bits per heavy atom. The maximum atomic E-state index is 12.1. The van der Waals surface area contributed by atoms with Gasteiger partial charge in [-0.25, -0.2) is 9.36 Å². The van der Waals surface area contributed by atoms with Crippen LogP contribution < -0.4 is 11.2 Å². The third-order valence-electron chi connectivity index (χ3n) is 2.74. The normalized spacial score (nSPS) is 10.7. The Morgan fingerprint density at radius 1 is 1.06 bits per heavy atom. The topological polar surface area (TPSA) is 54.9 Å². The van der Waals surface area contributed by atoms with Gasteiger partial charge in [0.05, 0.1) is 11.3 Å². The molecular formula is C13H13ClN2O2. The minimum atomic E-state index is -0.527. The van der Waals surface area contributed by atoms with E-state index in [1.807, 2.05) is 19.9 Å². The van der Waals surface area contributed by atoms with Crippen LogP contribution in [0.4, 0.5) is 0 Å². The third-order valence-corrected chi connectivity index (χ3v) is 3.12. The van der Waals surface area contributed by atoms with Crippen molar-refractivity contribution < 1.29 is 0 Å². The molecule has 0 saturated heterocycles. The van der Waals surface area contributed by atoms with Crippen molar-refractivity contribution in [2.24, 2.45) is 0 Å². The number of rotatable bonds is 1. The highest BCUT2D eigenvalue weighted by atomic mass is 35.5. The van der Waals surface area contributed by atoms with Crippen molar-refractivity contribution in [3.63, 3.8) is 0 Å². The SMILES string of the molecule is Cc1cc(C)cc(-n2c(=O)[nH]c(Cl)c(C)c2=O)c1. The van der Waals surface area contributed by atoms with Crippen LogP contribution in [0.1, 0.15) is 16.7 Å². The van der Waals surface area contributed by atoms with Crippen molar-refractivity contribution in [2.45, 2.75) is 20.8 Å². The zero-order chi connectivity index (χ0) is 13.4. The predicted molar refractivity (Wildman–Crippen MR) is 71.9 cm³/mol. The number of benzene rings is 1. The van der Waals surface area contributed by atoms with E-state index in [1.165, 1.54) is 0 Å². The summed E-state index contributed by atoms with van der Waals surface area (Å²) in [5, 5.41) is 0.0885. The number of H-pyrrole nitrogens is 1. The van der Waals surface area contributed by atoms with E-state index in [2.05, 4.69) is 4.98 Å². The molecule has 1 aromatic carbocycles. The molecule has 0 saturated carbocycles. The molecule has 5 heteroatoms. The van der Waals surface area contributed by atoms with Gasteiger partial charge in [0.25, 0.3) is 5.56 Å². The maximum absolute atomic E-state index is 12.1. The molecule has 0 amide bonds. The molecule has 2 aromatic rings. The van der Waals surface area contributed by atoms with Crippen LogP contribution in [-0.2, 0) is 0 Å². The Balaban J connectivity index is 2.84. The average Bonchev–Trinajstić information content (AvgIpc) is 2.24. The average molecular weight is 265 g/mol. The lowest BCUT2D eigenvalue weighted by Gasteiger charge is -2.08. The van der Waals surface area contributed by atoms with Gasteiger partial charge < -0.3 is 0 Å². The van der Waals surface area contributed by atoms with Gasteiger partial charge in [-0.15, -0.1) is 0 Å². The second-order valence-corrected chi connectivity index (χ2v) is 4.73. The summed E-state index contributed by atoms with van der Waals surface area (Å²) in [6.07, 6.45) is 0. The zero-order valence-electron chi connectivity index (χ0n) is 10.4. The Kier molecular flexibility index (Phi) is 3.13. The molecule has 2 rings (SSSR count). The fourth-order valence-corrected chi connectivity index (χ4v) is 2.07. The molecule has 0 aliphatic rings. The van der Waals surface area contributed by atoms with E-state index in [0.717, 1.165) is 15.7 Å². The summed E-state index contributed by atoms with van der Waals surface area (Å²) in [6.45, 7) is 5.41. The fourth-order valence-electron chi connectivity index (χ4n) is 1.91. The summed E-state index contributed by atoms with van der Waals surface area (Å²) in [6, 6.07) is 5.56. The van der Waals surface area contributed by atoms with E-state index in [0.29, 0.717) is 11.3 Å². The Bertz CT molecular complexity index is 708. The van der Waals surface area contributed by atoms with Crippen molar-refractivity contribution in [3.8, 4) is 5.69 Å². The molecular weight excluding hydrogens is 252 g/mol. The van der Waals surface area contributed by atoms with E-state index < -0.39 is 11.2 Å². The number of aromatic nitrogens is 2. The van der Waals surface area contributed by atoms with E-state index in [9.17, 15) is 9.59 Å². The second-order valence-electron chi connectivity index (χ2n) is 4.36. The van der Waals surface area contributed by atoms with Gasteiger partial charge in [-0.3, -0.25) is 9.78 Å². The van der Waals surface area contributed by atoms with Gasteiger partial charge in [-0.05, 0) is 44.0 Å². The van der Waals surface area contributed by atoms with Crippen LogP contribution in [-0.4, -0.2) is 9.55 Å². The molecule has 1 aromatic heterocycles. The number of nitrogens with one attached hydrogen (secondary N) is 1. The summed E-state index contributed by atoms with van der Waals surface area (Å²) in [4.78, 5) is 26.4. The highest BCUT2D eigenvalue weighted by molar-refractivity contribution is 6.30. The monoisotopic (exact) mass is 264 g/mol. The first kappa shape index (κ1) is 12.6. The Morgan fingerprint density at radius 3 is 2.17 bits per heavy atom. The molecule has 1 heterocycles. The summed E-state index contributed by atoms with van der Waals surface area (Å²) < 4.78 is 1.10. The number of nitrogens with zero attached hydrogens (tertiary/aromatic N) is 1. The number of aryl methyl sites for hydroxylation is 2. The highest BCUT2D eigenvalue weighted by Gasteiger charge is 2.10. The van der Waals surface area contributed by atoms with Crippen LogP contribution >= 0.6 is 11.6 Å². The number of hydrogen-bond donors (Lipinski definition) is 1. The Hall–Kier alpha value is -1.81. The lowest BCUT2D eigenvalue weighted by Crippen LogP contribution is -2.35.